The summed E-state index contributed by atoms with van der Waals surface area (Å²) in [6, 6.07) is 7.99. The fourth-order valence-electron chi connectivity index (χ4n) is 2.44. The topological polar surface area (TPSA) is 49.4 Å². The van der Waals surface area contributed by atoms with Crippen LogP contribution in [0.25, 0.3) is 0 Å². The normalized spacial score (nSPS) is 18.4. The first-order valence-electron chi connectivity index (χ1n) is 7.32. The zero-order valence-corrected chi connectivity index (χ0v) is 12.2. The van der Waals surface area contributed by atoms with Crippen molar-refractivity contribution < 1.29 is 9.59 Å². The molecular formula is C16H22N2O2. The van der Waals surface area contributed by atoms with Crippen LogP contribution in [0, 0.1) is 5.92 Å². The van der Waals surface area contributed by atoms with Gasteiger partial charge in [-0.05, 0) is 30.5 Å². The lowest BCUT2D eigenvalue weighted by Crippen LogP contribution is -2.33. The van der Waals surface area contributed by atoms with E-state index < -0.39 is 0 Å². The summed E-state index contributed by atoms with van der Waals surface area (Å²) in [7, 11) is 0. The zero-order valence-electron chi connectivity index (χ0n) is 12.2. The molecule has 1 aromatic carbocycles. The molecule has 2 amide bonds. The Morgan fingerprint density at radius 1 is 1.30 bits per heavy atom. The molecule has 1 atom stereocenters. The number of anilines is 1. The largest absolute Gasteiger partial charge is 0.356 e. The van der Waals surface area contributed by atoms with E-state index in [1.165, 1.54) is 5.56 Å². The summed E-state index contributed by atoms with van der Waals surface area (Å²) in [5, 5.41) is 2.87. The van der Waals surface area contributed by atoms with Crippen molar-refractivity contribution in [1.29, 1.82) is 0 Å². The molecule has 0 spiro atoms. The Bertz CT molecular complexity index is 482. The molecule has 1 aromatic rings. The summed E-state index contributed by atoms with van der Waals surface area (Å²) in [5.41, 5.74) is 2.13. The van der Waals surface area contributed by atoms with E-state index in [9.17, 15) is 9.59 Å². The molecule has 1 saturated heterocycles. The molecule has 0 aliphatic carbocycles. The highest BCUT2D eigenvalue weighted by Crippen LogP contribution is 2.25. The zero-order chi connectivity index (χ0) is 14.5. The van der Waals surface area contributed by atoms with Gasteiger partial charge in [-0.3, -0.25) is 9.59 Å². The van der Waals surface area contributed by atoms with E-state index in [4.69, 9.17) is 0 Å². The van der Waals surface area contributed by atoms with Crippen LogP contribution in [0.15, 0.2) is 24.3 Å². The van der Waals surface area contributed by atoms with Gasteiger partial charge in [0.1, 0.15) is 0 Å². The second kappa shape index (κ2) is 6.55. The van der Waals surface area contributed by atoms with E-state index in [-0.39, 0.29) is 17.7 Å². The van der Waals surface area contributed by atoms with Crippen molar-refractivity contribution >= 4 is 17.5 Å². The van der Waals surface area contributed by atoms with Gasteiger partial charge in [0.25, 0.3) is 0 Å². The van der Waals surface area contributed by atoms with E-state index in [0.29, 0.717) is 19.5 Å². The molecule has 0 radical (unpaired) electrons. The number of hydrogen-bond donors (Lipinski definition) is 1. The highest BCUT2D eigenvalue weighted by molar-refractivity contribution is 6.00. The van der Waals surface area contributed by atoms with Crippen molar-refractivity contribution in [2.75, 3.05) is 18.0 Å². The van der Waals surface area contributed by atoms with Crippen molar-refractivity contribution in [2.24, 2.45) is 5.92 Å². The van der Waals surface area contributed by atoms with Crippen molar-refractivity contribution in [3.05, 3.63) is 29.8 Å². The van der Waals surface area contributed by atoms with Crippen LogP contribution >= 0.6 is 0 Å². The van der Waals surface area contributed by atoms with Gasteiger partial charge in [-0.15, -0.1) is 0 Å². The number of hydrogen-bond acceptors (Lipinski definition) is 2. The molecule has 2 rings (SSSR count). The predicted molar refractivity (Wildman–Crippen MR) is 79.6 cm³/mol. The Labute approximate surface area is 120 Å². The third-order valence-corrected chi connectivity index (χ3v) is 3.70. The molecule has 1 N–H and O–H groups in total. The third kappa shape index (κ3) is 3.18. The summed E-state index contributed by atoms with van der Waals surface area (Å²) in [4.78, 5) is 25.7. The maximum absolute atomic E-state index is 12.1. The molecule has 0 aromatic heterocycles. The maximum Gasteiger partial charge on any atom is 0.227 e. The first-order valence-corrected chi connectivity index (χ1v) is 7.32. The molecule has 108 valence electrons. The van der Waals surface area contributed by atoms with Crippen LogP contribution in [0.5, 0.6) is 0 Å². The van der Waals surface area contributed by atoms with E-state index in [0.717, 1.165) is 18.5 Å². The minimum Gasteiger partial charge on any atom is -0.356 e. The summed E-state index contributed by atoms with van der Waals surface area (Å²) in [6.45, 7) is 5.28. The van der Waals surface area contributed by atoms with E-state index in [2.05, 4.69) is 12.2 Å². The second-order valence-electron chi connectivity index (χ2n) is 5.22. The fraction of sp³-hybridized carbons (Fsp3) is 0.500. The lowest BCUT2D eigenvalue weighted by molar-refractivity contribution is -0.126. The SMILES string of the molecule is CCCNC(=O)[C@@H]1CC(=O)N(c2ccc(CC)cc2)C1. The quantitative estimate of drug-likeness (QED) is 0.894. The lowest BCUT2D eigenvalue weighted by atomic mass is 10.1. The molecule has 20 heavy (non-hydrogen) atoms. The third-order valence-electron chi connectivity index (χ3n) is 3.70. The lowest BCUT2D eigenvalue weighted by Gasteiger charge is -2.17. The van der Waals surface area contributed by atoms with Gasteiger partial charge in [-0.25, -0.2) is 0 Å². The van der Waals surface area contributed by atoms with Crippen LogP contribution in [0.2, 0.25) is 0 Å². The summed E-state index contributed by atoms with van der Waals surface area (Å²) in [5.74, 6) is -0.196. The molecular weight excluding hydrogens is 252 g/mol. The smallest absolute Gasteiger partial charge is 0.227 e. The standard InChI is InChI=1S/C16H22N2O2/c1-3-9-17-16(20)13-10-15(19)18(11-13)14-7-5-12(4-2)6-8-14/h5-8,13H,3-4,9-11H2,1-2H3,(H,17,20)/t13-/m1/s1. The minimum atomic E-state index is -0.222. The van der Waals surface area contributed by atoms with Crippen LogP contribution in [0.1, 0.15) is 32.3 Å². The monoisotopic (exact) mass is 274 g/mol. The van der Waals surface area contributed by atoms with E-state index in [1.807, 2.05) is 31.2 Å². The number of aryl methyl sites for hydroxylation is 1. The number of carbonyl (C=O) groups excluding carboxylic acids is 2. The van der Waals surface area contributed by atoms with Gasteiger partial charge in [-0.2, -0.15) is 0 Å². The molecule has 1 heterocycles. The molecule has 0 bridgehead atoms. The highest BCUT2D eigenvalue weighted by Gasteiger charge is 2.34. The van der Waals surface area contributed by atoms with Gasteiger partial charge >= 0.3 is 0 Å². The highest BCUT2D eigenvalue weighted by atomic mass is 16.2. The molecule has 1 aliphatic heterocycles. The predicted octanol–water partition coefficient (Wildman–Crippen LogP) is 2.13. The van der Waals surface area contributed by atoms with Crippen LogP contribution in [0.3, 0.4) is 0 Å². The van der Waals surface area contributed by atoms with Gasteiger partial charge in [0, 0.05) is 25.2 Å². The van der Waals surface area contributed by atoms with E-state index >= 15 is 0 Å². The van der Waals surface area contributed by atoms with Gasteiger partial charge in [0.15, 0.2) is 0 Å². The van der Waals surface area contributed by atoms with Crippen molar-refractivity contribution in [3.8, 4) is 0 Å². The maximum atomic E-state index is 12.1. The second-order valence-corrected chi connectivity index (χ2v) is 5.22. The Kier molecular flexibility index (Phi) is 4.77. The van der Waals surface area contributed by atoms with Crippen molar-refractivity contribution in [2.45, 2.75) is 33.1 Å². The van der Waals surface area contributed by atoms with Gasteiger partial charge in [0.05, 0.1) is 5.92 Å². The number of amides is 2. The number of nitrogens with zero attached hydrogens (tertiary/aromatic N) is 1. The molecule has 4 heteroatoms. The van der Waals surface area contributed by atoms with Gasteiger partial charge in [-0.1, -0.05) is 26.0 Å². The fourth-order valence-corrected chi connectivity index (χ4v) is 2.44. The Balaban J connectivity index is 2.03. The summed E-state index contributed by atoms with van der Waals surface area (Å²) in [6.07, 6.45) is 2.20. The molecule has 4 nitrogen and oxygen atoms in total. The Morgan fingerprint density at radius 2 is 2.00 bits per heavy atom. The first kappa shape index (κ1) is 14.6. The molecule has 1 fully saturated rings. The van der Waals surface area contributed by atoms with Crippen molar-refractivity contribution in [1.82, 2.24) is 5.32 Å². The Hall–Kier alpha value is -1.84. The van der Waals surface area contributed by atoms with Crippen LogP contribution in [-0.4, -0.2) is 24.9 Å². The molecule has 0 saturated carbocycles. The molecule has 1 aliphatic rings. The van der Waals surface area contributed by atoms with E-state index in [1.54, 1.807) is 4.90 Å². The number of nitrogens with one attached hydrogen (secondary N) is 1. The molecule has 0 unspecified atom stereocenters. The van der Waals surface area contributed by atoms with Gasteiger partial charge in [0.2, 0.25) is 11.8 Å². The van der Waals surface area contributed by atoms with Crippen LogP contribution in [-0.2, 0) is 16.0 Å². The summed E-state index contributed by atoms with van der Waals surface area (Å²) >= 11 is 0. The van der Waals surface area contributed by atoms with Crippen LogP contribution in [0.4, 0.5) is 5.69 Å². The first-order chi connectivity index (χ1) is 9.65. The van der Waals surface area contributed by atoms with Gasteiger partial charge < -0.3 is 10.2 Å². The average molecular weight is 274 g/mol. The van der Waals surface area contributed by atoms with Crippen LogP contribution < -0.4 is 10.2 Å². The number of rotatable bonds is 5. The summed E-state index contributed by atoms with van der Waals surface area (Å²) < 4.78 is 0. The number of benzene rings is 1. The minimum absolute atomic E-state index is 0.00659. The Morgan fingerprint density at radius 3 is 2.60 bits per heavy atom. The number of carbonyl (C=O) groups is 2. The average Bonchev–Trinajstić information content (AvgIpc) is 2.87. The van der Waals surface area contributed by atoms with Crippen molar-refractivity contribution in [3.63, 3.8) is 0 Å².